The molecule has 16 heavy (non-hydrogen) atoms. The quantitative estimate of drug-likeness (QED) is 0.737. The van der Waals surface area contributed by atoms with E-state index in [9.17, 15) is 0 Å². The number of thiophene rings is 2. The third kappa shape index (κ3) is 3.40. The largest absolute Gasteiger partial charge is 0.265 e. The number of hydrogen-bond donors (Lipinski definition) is 0. The van der Waals surface area contributed by atoms with Gasteiger partial charge in [0.25, 0.3) is 0 Å². The standard InChI is InChI=1S/C12H12N2S2/c1-10(13-8-11-4-2-6-15-11)14-9-12-5-3-7-16-12/h2-10H,1H3. The third-order valence-corrected chi connectivity index (χ3v) is 3.54. The SMILES string of the molecule is CC(N=Cc1cccs1)N=Cc1cccs1. The van der Waals surface area contributed by atoms with E-state index in [1.165, 1.54) is 0 Å². The van der Waals surface area contributed by atoms with Crippen molar-refractivity contribution in [2.24, 2.45) is 9.98 Å². The maximum Gasteiger partial charge on any atom is 0.136 e. The highest BCUT2D eigenvalue weighted by atomic mass is 32.1. The van der Waals surface area contributed by atoms with E-state index in [1.807, 2.05) is 54.4 Å². The Labute approximate surface area is 103 Å². The number of aliphatic imine (C=N–C) groups is 2. The summed E-state index contributed by atoms with van der Waals surface area (Å²) in [7, 11) is 0. The first-order valence-corrected chi connectivity index (χ1v) is 6.74. The molecule has 2 aromatic rings. The zero-order valence-electron chi connectivity index (χ0n) is 8.91. The lowest BCUT2D eigenvalue weighted by atomic mass is 10.5. The van der Waals surface area contributed by atoms with Crippen molar-refractivity contribution in [1.29, 1.82) is 0 Å². The zero-order chi connectivity index (χ0) is 11.2. The second kappa shape index (κ2) is 5.72. The third-order valence-electron chi connectivity index (χ3n) is 1.92. The Morgan fingerprint density at radius 1 is 1.00 bits per heavy atom. The minimum absolute atomic E-state index is 0.0239. The first kappa shape index (κ1) is 11.2. The summed E-state index contributed by atoms with van der Waals surface area (Å²) >= 11 is 3.36. The Bertz CT molecular complexity index is 411. The smallest absolute Gasteiger partial charge is 0.136 e. The van der Waals surface area contributed by atoms with Crippen molar-refractivity contribution in [2.45, 2.75) is 13.1 Å². The van der Waals surface area contributed by atoms with E-state index in [2.05, 4.69) is 9.98 Å². The van der Waals surface area contributed by atoms with Crippen LogP contribution in [0.2, 0.25) is 0 Å². The summed E-state index contributed by atoms with van der Waals surface area (Å²) in [5, 5.41) is 4.09. The van der Waals surface area contributed by atoms with Crippen molar-refractivity contribution in [2.75, 3.05) is 0 Å². The molecule has 2 rings (SSSR count). The van der Waals surface area contributed by atoms with Gasteiger partial charge in [0.2, 0.25) is 0 Å². The van der Waals surface area contributed by atoms with Gasteiger partial charge in [-0.2, -0.15) is 0 Å². The Balaban J connectivity index is 1.91. The molecule has 0 aromatic carbocycles. The molecular formula is C12H12N2S2. The molecule has 82 valence electrons. The van der Waals surface area contributed by atoms with Gasteiger partial charge in [-0.05, 0) is 29.8 Å². The molecule has 0 aliphatic carbocycles. The molecule has 0 fully saturated rings. The lowest BCUT2D eigenvalue weighted by molar-refractivity contribution is 0.804. The minimum atomic E-state index is -0.0239. The fraction of sp³-hybridized carbons (Fsp3) is 0.167. The molecule has 0 spiro atoms. The number of hydrogen-bond acceptors (Lipinski definition) is 4. The topological polar surface area (TPSA) is 24.7 Å². The fourth-order valence-corrected chi connectivity index (χ4v) is 2.32. The molecule has 4 heteroatoms. The zero-order valence-corrected chi connectivity index (χ0v) is 10.5. The first-order chi connectivity index (χ1) is 7.84. The minimum Gasteiger partial charge on any atom is -0.265 e. The van der Waals surface area contributed by atoms with Crippen LogP contribution in [0.3, 0.4) is 0 Å². The van der Waals surface area contributed by atoms with Crippen LogP contribution in [0.15, 0.2) is 45.0 Å². The van der Waals surface area contributed by atoms with Crippen molar-refractivity contribution in [3.8, 4) is 0 Å². The van der Waals surface area contributed by atoms with E-state index in [0.717, 1.165) is 9.75 Å². The maximum atomic E-state index is 4.36. The average Bonchev–Trinajstić information content (AvgIpc) is 2.96. The van der Waals surface area contributed by atoms with Gasteiger partial charge in [0.15, 0.2) is 0 Å². The van der Waals surface area contributed by atoms with Crippen molar-refractivity contribution in [1.82, 2.24) is 0 Å². The summed E-state index contributed by atoms with van der Waals surface area (Å²) in [6, 6.07) is 8.13. The van der Waals surface area contributed by atoms with E-state index in [1.54, 1.807) is 22.7 Å². The van der Waals surface area contributed by atoms with Crippen molar-refractivity contribution < 1.29 is 0 Å². The van der Waals surface area contributed by atoms with Crippen LogP contribution in [0, 0.1) is 0 Å². The Hall–Kier alpha value is -1.26. The van der Waals surface area contributed by atoms with E-state index in [0.29, 0.717) is 0 Å². The van der Waals surface area contributed by atoms with Crippen LogP contribution in [0.4, 0.5) is 0 Å². The maximum absolute atomic E-state index is 4.36. The molecule has 0 amide bonds. The predicted molar refractivity (Wildman–Crippen MR) is 73.3 cm³/mol. The molecule has 0 aliphatic heterocycles. The highest BCUT2D eigenvalue weighted by molar-refractivity contribution is 7.12. The molecular weight excluding hydrogens is 236 g/mol. The van der Waals surface area contributed by atoms with Crippen molar-refractivity contribution >= 4 is 35.1 Å². The van der Waals surface area contributed by atoms with Gasteiger partial charge in [-0.1, -0.05) is 12.1 Å². The van der Waals surface area contributed by atoms with Crippen molar-refractivity contribution in [3.05, 3.63) is 44.8 Å². The molecule has 2 nitrogen and oxygen atoms in total. The molecule has 0 unspecified atom stereocenters. The van der Waals surface area contributed by atoms with Crippen LogP contribution in [-0.4, -0.2) is 18.6 Å². The molecule has 0 aliphatic rings. The molecule has 0 bridgehead atoms. The van der Waals surface area contributed by atoms with Gasteiger partial charge in [-0.25, -0.2) is 0 Å². The molecule has 2 heterocycles. The van der Waals surface area contributed by atoms with Crippen LogP contribution in [-0.2, 0) is 0 Å². The van der Waals surface area contributed by atoms with E-state index < -0.39 is 0 Å². The normalized spacial score (nSPS) is 13.8. The second-order valence-corrected chi connectivity index (χ2v) is 5.18. The number of nitrogens with zero attached hydrogens (tertiary/aromatic N) is 2. The lowest BCUT2D eigenvalue weighted by Crippen LogP contribution is -1.94. The average molecular weight is 248 g/mol. The van der Waals surface area contributed by atoms with Gasteiger partial charge in [0, 0.05) is 22.2 Å². The summed E-state index contributed by atoms with van der Waals surface area (Å²) in [6.07, 6.45) is 3.73. The van der Waals surface area contributed by atoms with Gasteiger partial charge >= 0.3 is 0 Å². The van der Waals surface area contributed by atoms with Crippen LogP contribution >= 0.6 is 22.7 Å². The van der Waals surface area contributed by atoms with Gasteiger partial charge in [0.1, 0.15) is 6.17 Å². The highest BCUT2D eigenvalue weighted by Gasteiger charge is 1.93. The van der Waals surface area contributed by atoms with Crippen LogP contribution < -0.4 is 0 Å². The van der Waals surface area contributed by atoms with Gasteiger partial charge in [0.05, 0.1) is 0 Å². The summed E-state index contributed by atoms with van der Waals surface area (Å²) in [6.45, 7) is 1.98. The van der Waals surface area contributed by atoms with Crippen molar-refractivity contribution in [3.63, 3.8) is 0 Å². The van der Waals surface area contributed by atoms with E-state index in [4.69, 9.17) is 0 Å². The molecule has 0 saturated heterocycles. The summed E-state index contributed by atoms with van der Waals surface area (Å²) in [5.41, 5.74) is 0. The molecule has 0 radical (unpaired) electrons. The van der Waals surface area contributed by atoms with E-state index in [-0.39, 0.29) is 6.17 Å². The first-order valence-electron chi connectivity index (χ1n) is 4.98. The summed E-state index contributed by atoms with van der Waals surface area (Å²) in [5.74, 6) is 0. The van der Waals surface area contributed by atoms with E-state index >= 15 is 0 Å². The molecule has 0 saturated carbocycles. The molecule has 0 atom stereocenters. The summed E-state index contributed by atoms with van der Waals surface area (Å²) in [4.78, 5) is 11.0. The van der Waals surface area contributed by atoms with Gasteiger partial charge < -0.3 is 0 Å². The Morgan fingerprint density at radius 2 is 1.50 bits per heavy atom. The Kier molecular flexibility index (Phi) is 4.02. The second-order valence-electron chi connectivity index (χ2n) is 3.22. The van der Waals surface area contributed by atoms with Crippen LogP contribution in [0.1, 0.15) is 16.7 Å². The predicted octanol–water partition coefficient (Wildman–Crippen LogP) is 3.69. The molecule has 2 aromatic heterocycles. The Morgan fingerprint density at radius 3 is 1.88 bits per heavy atom. The highest BCUT2D eigenvalue weighted by Crippen LogP contribution is 2.07. The molecule has 0 N–H and O–H groups in total. The lowest BCUT2D eigenvalue weighted by Gasteiger charge is -1.96. The number of rotatable bonds is 4. The fourth-order valence-electron chi connectivity index (χ4n) is 1.13. The van der Waals surface area contributed by atoms with Crippen LogP contribution in [0.5, 0.6) is 0 Å². The monoisotopic (exact) mass is 248 g/mol. The van der Waals surface area contributed by atoms with Crippen LogP contribution in [0.25, 0.3) is 0 Å². The van der Waals surface area contributed by atoms with Gasteiger partial charge in [-0.15, -0.1) is 22.7 Å². The summed E-state index contributed by atoms with van der Waals surface area (Å²) < 4.78 is 0. The van der Waals surface area contributed by atoms with Gasteiger partial charge in [-0.3, -0.25) is 9.98 Å².